The minimum atomic E-state index is 0.0894. The van der Waals surface area contributed by atoms with Gasteiger partial charge in [-0.1, -0.05) is 19.8 Å². The summed E-state index contributed by atoms with van der Waals surface area (Å²) >= 11 is 0. The summed E-state index contributed by atoms with van der Waals surface area (Å²) in [4.78, 5) is 11.4. The van der Waals surface area contributed by atoms with Gasteiger partial charge in [-0.2, -0.15) is 0 Å². The Morgan fingerprint density at radius 1 is 1.38 bits per heavy atom. The highest BCUT2D eigenvalue weighted by Gasteiger charge is 2.09. The van der Waals surface area contributed by atoms with E-state index in [-0.39, 0.29) is 12.5 Å². The minimum Gasteiger partial charge on any atom is -0.396 e. The Kier molecular flexibility index (Phi) is 10.5. The minimum absolute atomic E-state index is 0.0894. The molecule has 0 aliphatic carbocycles. The zero-order chi connectivity index (χ0) is 12.2. The molecule has 0 heterocycles. The van der Waals surface area contributed by atoms with Crippen molar-refractivity contribution in [1.29, 1.82) is 0 Å². The molecule has 16 heavy (non-hydrogen) atoms. The number of aliphatic hydroxyl groups excluding tert-OH is 1. The van der Waals surface area contributed by atoms with Gasteiger partial charge >= 0.3 is 0 Å². The van der Waals surface area contributed by atoms with Crippen molar-refractivity contribution < 1.29 is 9.90 Å². The molecule has 0 saturated carbocycles. The molecule has 0 aliphatic rings. The van der Waals surface area contributed by atoms with E-state index in [1.54, 1.807) is 0 Å². The van der Waals surface area contributed by atoms with E-state index in [2.05, 4.69) is 12.2 Å². The maximum atomic E-state index is 11.4. The van der Waals surface area contributed by atoms with Crippen molar-refractivity contribution in [2.24, 2.45) is 11.7 Å². The van der Waals surface area contributed by atoms with Crippen molar-refractivity contribution in [2.75, 3.05) is 19.7 Å². The van der Waals surface area contributed by atoms with Gasteiger partial charge in [0, 0.05) is 19.6 Å². The second-order valence-corrected chi connectivity index (χ2v) is 4.20. The van der Waals surface area contributed by atoms with Crippen molar-refractivity contribution in [3.8, 4) is 0 Å². The third-order valence-electron chi connectivity index (χ3n) is 2.71. The van der Waals surface area contributed by atoms with Crippen LogP contribution in [0.4, 0.5) is 0 Å². The van der Waals surface area contributed by atoms with Gasteiger partial charge in [0.1, 0.15) is 0 Å². The predicted molar refractivity (Wildman–Crippen MR) is 66.0 cm³/mol. The maximum absolute atomic E-state index is 11.4. The van der Waals surface area contributed by atoms with Gasteiger partial charge in [-0.25, -0.2) is 0 Å². The quantitative estimate of drug-likeness (QED) is 0.491. The number of hydrogen-bond acceptors (Lipinski definition) is 3. The van der Waals surface area contributed by atoms with Crippen LogP contribution in [-0.4, -0.2) is 30.7 Å². The average molecular weight is 230 g/mol. The number of aliphatic hydroxyl groups is 1. The largest absolute Gasteiger partial charge is 0.396 e. The number of nitrogens with two attached hydrogens (primary N) is 1. The van der Waals surface area contributed by atoms with E-state index in [0.717, 1.165) is 25.7 Å². The Labute approximate surface area is 98.6 Å². The Balaban J connectivity index is 3.60. The van der Waals surface area contributed by atoms with Gasteiger partial charge in [-0.05, 0) is 31.7 Å². The molecule has 4 N–H and O–H groups in total. The van der Waals surface area contributed by atoms with E-state index in [1.807, 2.05) is 0 Å². The third-order valence-corrected chi connectivity index (χ3v) is 2.71. The first-order valence-corrected chi connectivity index (χ1v) is 6.32. The molecule has 4 heteroatoms. The van der Waals surface area contributed by atoms with E-state index in [1.165, 1.54) is 0 Å². The molecule has 4 nitrogen and oxygen atoms in total. The standard InChI is InChI=1S/C12H26N2O2/c1-2-4-11(7-8-13)5-6-12(16)14-9-3-10-15/h11,15H,2-10,13H2,1H3,(H,14,16). The molecule has 0 aromatic carbocycles. The number of rotatable bonds is 10. The van der Waals surface area contributed by atoms with Crippen LogP contribution in [0.5, 0.6) is 0 Å². The Morgan fingerprint density at radius 2 is 2.12 bits per heavy atom. The summed E-state index contributed by atoms with van der Waals surface area (Å²) in [6.07, 6.45) is 5.45. The molecular weight excluding hydrogens is 204 g/mol. The summed E-state index contributed by atoms with van der Waals surface area (Å²) < 4.78 is 0. The van der Waals surface area contributed by atoms with E-state index in [0.29, 0.717) is 31.8 Å². The van der Waals surface area contributed by atoms with Gasteiger partial charge in [-0.15, -0.1) is 0 Å². The second kappa shape index (κ2) is 10.9. The molecule has 0 rings (SSSR count). The number of nitrogens with one attached hydrogen (secondary N) is 1. The molecule has 0 saturated heterocycles. The molecule has 0 aliphatic heterocycles. The summed E-state index contributed by atoms with van der Waals surface area (Å²) in [6, 6.07) is 0. The first-order valence-electron chi connectivity index (χ1n) is 6.32. The van der Waals surface area contributed by atoms with Crippen LogP contribution in [-0.2, 0) is 4.79 Å². The number of carbonyl (C=O) groups excluding carboxylic acids is 1. The van der Waals surface area contributed by atoms with Crippen molar-refractivity contribution in [3.63, 3.8) is 0 Å². The molecule has 1 unspecified atom stereocenters. The SMILES string of the molecule is CCCC(CCN)CCC(=O)NCCCO. The molecule has 0 radical (unpaired) electrons. The average Bonchev–Trinajstić information content (AvgIpc) is 2.27. The highest BCUT2D eigenvalue weighted by Crippen LogP contribution is 2.16. The van der Waals surface area contributed by atoms with Crippen LogP contribution in [0.25, 0.3) is 0 Å². The first-order chi connectivity index (χ1) is 7.74. The zero-order valence-electron chi connectivity index (χ0n) is 10.4. The number of hydrogen-bond donors (Lipinski definition) is 3. The summed E-state index contributed by atoms with van der Waals surface area (Å²) in [6.45, 7) is 3.57. The van der Waals surface area contributed by atoms with Crippen LogP contribution >= 0.6 is 0 Å². The van der Waals surface area contributed by atoms with E-state index in [4.69, 9.17) is 10.8 Å². The first kappa shape index (κ1) is 15.4. The Bertz CT molecular complexity index is 168. The fraction of sp³-hybridized carbons (Fsp3) is 0.917. The molecule has 0 fully saturated rings. The zero-order valence-corrected chi connectivity index (χ0v) is 10.4. The number of carbonyl (C=O) groups is 1. The van der Waals surface area contributed by atoms with Gasteiger partial charge in [0.05, 0.1) is 0 Å². The highest BCUT2D eigenvalue weighted by atomic mass is 16.3. The normalized spacial score (nSPS) is 12.4. The summed E-state index contributed by atoms with van der Waals surface area (Å²) in [5, 5.41) is 11.4. The molecule has 0 bridgehead atoms. The van der Waals surface area contributed by atoms with Crippen LogP contribution in [0.3, 0.4) is 0 Å². The Hall–Kier alpha value is -0.610. The van der Waals surface area contributed by atoms with Gasteiger partial charge in [0.15, 0.2) is 0 Å². The lowest BCUT2D eigenvalue weighted by molar-refractivity contribution is -0.121. The van der Waals surface area contributed by atoms with Crippen molar-refractivity contribution >= 4 is 5.91 Å². The molecular formula is C12H26N2O2. The maximum Gasteiger partial charge on any atom is 0.220 e. The van der Waals surface area contributed by atoms with Gasteiger partial charge in [0.2, 0.25) is 5.91 Å². The lowest BCUT2D eigenvalue weighted by atomic mass is 9.94. The van der Waals surface area contributed by atoms with Crippen LogP contribution < -0.4 is 11.1 Å². The molecule has 0 aromatic rings. The van der Waals surface area contributed by atoms with Gasteiger partial charge in [-0.3, -0.25) is 4.79 Å². The van der Waals surface area contributed by atoms with Gasteiger partial charge < -0.3 is 16.2 Å². The summed E-state index contributed by atoms with van der Waals surface area (Å²) in [7, 11) is 0. The Morgan fingerprint density at radius 3 is 2.69 bits per heavy atom. The third kappa shape index (κ3) is 8.68. The van der Waals surface area contributed by atoms with Crippen LogP contribution in [0, 0.1) is 5.92 Å². The van der Waals surface area contributed by atoms with E-state index < -0.39 is 0 Å². The lowest BCUT2D eigenvalue weighted by Crippen LogP contribution is -2.25. The monoisotopic (exact) mass is 230 g/mol. The van der Waals surface area contributed by atoms with Crippen LogP contribution in [0.2, 0.25) is 0 Å². The van der Waals surface area contributed by atoms with E-state index in [9.17, 15) is 4.79 Å². The van der Waals surface area contributed by atoms with Crippen LogP contribution in [0.1, 0.15) is 45.4 Å². The van der Waals surface area contributed by atoms with Crippen molar-refractivity contribution in [3.05, 3.63) is 0 Å². The fourth-order valence-corrected chi connectivity index (χ4v) is 1.81. The second-order valence-electron chi connectivity index (χ2n) is 4.20. The number of amides is 1. The topological polar surface area (TPSA) is 75.4 Å². The molecule has 0 spiro atoms. The summed E-state index contributed by atoms with van der Waals surface area (Å²) in [5.41, 5.74) is 5.54. The summed E-state index contributed by atoms with van der Waals surface area (Å²) in [5.74, 6) is 0.671. The smallest absolute Gasteiger partial charge is 0.220 e. The van der Waals surface area contributed by atoms with Gasteiger partial charge in [0.25, 0.3) is 0 Å². The predicted octanol–water partition coefficient (Wildman–Crippen LogP) is 1.03. The van der Waals surface area contributed by atoms with E-state index >= 15 is 0 Å². The van der Waals surface area contributed by atoms with Crippen molar-refractivity contribution in [2.45, 2.75) is 45.4 Å². The molecule has 96 valence electrons. The molecule has 1 amide bonds. The van der Waals surface area contributed by atoms with Crippen LogP contribution in [0.15, 0.2) is 0 Å². The fourth-order valence-electron chi connectivity index (χ4n) is 1.81. The lowest BCUT2D eigenvalue weighted by Gasteiger charge is -2.14. The highest BCUT2D eigenvalue weighted by molar-refractivity contribution is 5.75. The molecule has 0 aromatic heterocycles. The van der Waals surface area contributed by atoms with Crippen molar-refractivity contribution in [1.82, 2.24) is 5.32 Å². The molecule has 1 atom stereocenters.